The molecule has 0 unspecified atom stereocenters. The summed E-state index contributed by atoms with van der Waals surface area (Å²) in [4.78, 5) is 4.00. The lowest BCUT2D eigenvalue weighted by molar-refractivity contribution is 0.867. The minimum Gasteiger partial charge on any atom is -0.359 e. The largest absolute Gasteiger partial charge is 0.359 e. The molecule has 0 saturated carbocycles. The van der Waals surface area contributed by atoms with Gasteiger partial charge in [0.25, 0.3) is 0 Å². The number of pyridine rings is 1. The fourth-order valence-corrected chi connectivity index (χ4v) is 1.07. The van der Waals surface area contributed by atoms with Crippen molar-refractivity contribution in [2.75, 3.05) is 6.54 Å². The van der Waals surface area contributed by atoms with Gasteiger partial charge in [-0.05, 0) is 23.8 Å². The van der Waals surface area contributed by atoms with Crippen LogP contribution in [0.2, 0.25) is 0 Å². The van der Waals surface area contributed by atoms with Crippen LogP contribution in [-0.2, 0) is 6.54 Å². The smallest absolute Gasteiger partial charge is 0.166 e. The molecule has 0 aliphatic rings. The first-order valence-corrected chi connectivity index (χ1v) is 4.75. The summed E-state index contributed by atoms with van der Waals surface area (Å²) in [5.74, 6) is 0. The van der Waals surface area contributed by atoms with Crippen molar-refractivity contribution in [1.29, 1.82) is 0 Å². The molecule has 0 aliphatic heterocycles. The van der Waals surface area contributed by atoms with E-state index in [2.05, 4.69) is 22.2 Å². The van der Waals surface area contributed by atoms with Gasteiger partial charge in [-0.25, -0.2) is 0 Å². The molecule has 1 rings (SSSR count). The Bertz CT molecular complexity index is 297. The van der Waals surface area contributed by atoms with Gasteiger partial charge in [0.15, 0.2) is 5.11 Å². The molecule has 0 bridgehead atoms. The summed E-state index contributed by atoms with van der Waals surface area (Å²) in [6.45, 7) is 4.96. The fourth-order valence-electron chi connectivity index (χ4n) is 0.912. The van der Waals surface area contributed by atoms with Crippen molar-refractivity contribution in [2.24, 2.45) is 0 Å². The highest BCUT2D eigenvalue weighted by atomic mass is 32.1. The minimum absolute atomic E-state index is 0.633. The molecule has 0 aliphatic carbocycles. The molecule has 0 aromatic carbocycles. The molecule has 0 fully saturated rings. The van der Waals surface area contributed by atoms with Crippen LogP contribution in [0.4, 0.5) is 0 Å². The Morgan fingerprint density at radius 2 is 2.43 bits per heavy atom. The van der Waals surface area contributed by atoms with E-state index in [4.69, 9.17) is 12.2 Å². The summed E-state index contributed by atoms with van der Waals surface area (Å²) in [6.07, 6.45) is 5.32. The molecule has 0 saturated heterocycles. The molecule has 2 N–H and O–H groups in total. The average Bonchev–Trinajstić information content (AvgIpc) is 2.25. The molecular formula is C10H13N3S. The number of nitrogens with zero attached hydrogens (tertiary/aromatic N) is 1. The van der Waals surface area contributed by atoms with Crippen LogP contribution >= 0.6 is 12.2 Å². The molecule has 4 heteroatoms. The third kappa shape index (κ3) is 4.00. The van der Waals surface area contributed by atoms with E-state index in [1.54, 1.807) is 12.3 Å². The van der Waals surface area contributed by atoms with Crippen LogP contribution in [0.5, 0.6) is 0 Å². The Hall–Kier alpha value is -1.42. The van der Waals surface area contributed by atoms with Crippen molar-refractivity contribution in [2.45, 2.75) is 6.54 Å². The molecule has 0 radical (unpaired) electrons. The van der Waals surface area contributed by atoms with Crippen LogP contribution in [0.1, 0.15) is 5.56 Å². The molecule has 1 aromatic heterocycles. The maximum atomic E-state index is 5.03. The molecule has 3 nitrogen and oxygen atoms in total. The van der Waals surface area contributed by atoms with Crippen LogP contribution in [0.3, 0.4) is 0 Å². The van der Waals surface area contributed by atoms with Crippen LogP contribution in [0.15, 0.2) is 37.2 Å². The maximum absolute atomic E-state index is 5.03. The lowest BCUT2D eigenvalue weighted by Crippen LogP contribution is -2.34. The number of aromatic nitrogens is 1. The lowest BCUT2D eigenvalue weighted by atomic mass is 10.3. The van der Waals surface area contributed by atoms with Crippen molar-refractivity contribution in [3.8, 4) is 0 Å². The molecule has 1 heterocycles. The molecule has 14 heavy (non-hydrogen) atoms. The molecule has 0 spiro atoms. The Morgan fingerprint density at radius 1 is 1.57 bits per heavy atom. The van der Waals surface area contributed by atoms with E-state index in [0.29, 0.717) is 18.2 Å². The number of rotatable bonds is 4. The zero-order valence-electron chi connectivity index (χ0n) is 7.86. The van der Waals surface area contributed by atoms with Crippen molar-refractivity contribution < 1.29 is 0 Å². The van der Waals surface area contributed by atoms with Gasteiger partial charge in [0.1, 0.15) is 0 Å². The highest BCUT2D eigenvalue weighted by Crippen LogP contribution is 1.93. The monoisotopic (exact) mass is 207 g/mol. The van der Waals surface area contributed by atoms with E-state index in [1.807, 2.05) is 18.3 Å². The van der Waals surface area contributed by atoms with Crippen molar-refractivity contribution in [3.05, 3.63) is 42.7 Å². The van der Waals surface area contributed by atoms with Gasteiger partial charge in [-0.3, -0.25) is 4.98 Å². The van der Waals surface area contributed by atoms with Crippen LogP contribution in [0, 0.1) is 0 Å². The third-order valence-corrected chi connectivity index (χ3v) is 1.87. The van der Waals surface area contributed by atoms with E-state index >= 15 is 0 Å². The summed E-state index contributed by atoms with van der Waals surface area (Å²) < 4.78 is 0. The number of hydrogen-bond donors (Lipinski definition) is 2. The van der Waals surface area contributed by atoms with Gasteiger partial charge in [-0.1, -0.05) is 12.1 Å². The fraction of sp³-hybridized carbons (Fsp3) is 0.200. The summed E-state index contributed by atoms with van der Waals surface area (Å²) in [6, 6.07) is 3.90. The van der Waals surface area contributed by atoms with E-state index in [0.717, 1.165) is 5.56 Å². The van der Waals surface area contributed by atoms with E-state index in [-0.39, 0.29) is 0 Å². The van der Waals surface area contributed by atoms with Gasteiger partial charge in [0.2, 0.25) is 0 Å². The summed E-state index contributed by atoms with van der Waals surface area (Å²) in [7, 11) is 0. The van der Waals surface area contributed by atoms with Gasteiger partial charge in [-0.2, -0.15) is 0 Å². The summed E-state index contributed by atoms with van der Waals surface area (Å²) in [5, 5.41) is 6.68. The van der Waals surface area contributed by atoms with E-state index < -0.39 is 0 Å². The number of nitrogens with one attached hydrogen (secondary N) is 2. The second kappa shape index (κ2) is 6.10. The first-order valence-electron chi connectivity index (χ1n) is 4.34. The third-order valence-electron chi connectivity index (χ3n) is 1.58. The highest BCUT2D eigenvalue weighted by molar-refractivity contribution is 7.80. The molecule has 0 amide bonds. The maximum Gasteiger partial charge on any atom is 0.166 e. The Kier molecular flexibility index (Phi) is 4.64. The summed E-state index contributed by atoms with van der Waals surface area (Å²) >= 11 is 5.03. The van der Waals surface area contributed by atoms with Crippen LogP contribution in [-0.4, -0.2) is 16.6 Å². The zero-order valence-corrected chi connectivity index (χ0v) is 8.68. The lowest BCUT2D eigenvalue weighted by Gasteiger charge is -2.08. The van der Waals surface area contributed by atoms with Crippen molar-refractivity contribution >= 4 is 17.3 Å². The predicted octanol–water partition coefficient (Wildman–Crippen LogP) is 1.23. The zero-order chi connectivity index (χ0) is 10.2. The van der Waals surface area contributed by atoms with Gasteiger partial charge < -0.3 is 10.6 Å². The summed E-state index contributed by atoms with van der Waals surface area (Å²) in [5.41, 5.74) is 1.11. The van der Waals surface area contributed by atoms with Crippen LogP contribution in [0.25, 0.3) is 0 Å². The second-order valence-electron chi connectivity index (χ2n) is 2.71. The van der Waals surface area contributed by atoms with Crippen LogP contribution < -0.4 is 10.6 Å². The molecule has 0 atom stereocenters. The second-order valence-corrected chi connectivity index (χ2v) is 3.12. The first-order chi connectivity index (χ1) is 6.83. The van der Waals surface area contributed by atoms with Gasteiger partial charge in [0.05, 0.1) is 0 Å². The van der Waals surface area contributed by atoms with E-state index in [1.165, 1.54) is 0 Å². The standard InChI is InChI=1S/C10H13N3S/c1-2-5-12-10(14)13-8-9-4-3-6-11-7-9/h2-4,6-7H,1,5,8H2,(H2,12,13,14). The Morgan fingerprint density at radius 3 is 3.07 bits per heavy atom. The Labute approximate surface area is 89.2 Å². The first kappa shape index (κ1) is 10.7. The normalized spacial score (nSPS) is 9.14. The highest BCUT2D eigenvalue weighted by Gasteiger charge is 1.93. The minimum atomic E-state index is 0.633. The van der Waals surface area contributed by atoms with Gasteiger partial charge in [0, 0.05) is 25.5 Å². The molecular weight excluding hydrogens is 194 g/mol. The quantitative estimate of drug-likeness (QED) is 0.575. The molecule has 1 aromatic rings. The van der Waals surface area contributed by atoms with Gasteiger partial charge >= 0.3 is 0 Å². The predicted molar refractivity (Wildman–Crippen MR) is 61.9 cm³/mol. The van der Waals surface area contributed by atoms with E-state index in [9.17, 15) is 0 Å². The number of hydrogen-bond acceptors (Lipinski definition) is 2. The van der Waals surface area contributed by atoms with Crippen molar-refractivity contribution in [1.82, 2.24) is 15.6 Å². The number of thiocarbonyl (C=S) groups is 1. The topological polar surface area (TPSA) is 37.0 Å². The van der Waals surface area contributed by atoms with Crippen molar-refractivity contribution in [3.63, 3.8) is 0 Å². The SMILES string of the molecule is C=CCNC(=S)NCc1cccnc1. The molecule has 74 valence electrons. The Balaban J connectivity index is 2.27. The van der Waals surface area contributed by atoms with Gasteiger partial charge in [-0.15, -0.1) is 6.58 Å². The average molecular weight is 207 g/mol.